The molecule has 1 amide bonds. The predicted octanol–water partition coefficient (Wildman–Crippen LogP) is 3.47. The number of aromatic nitrogens is 4. The first-order valence-corrected chi connectivity index (χ1v) is 8.92. The highest BCUT2D eigenvalue weighted by Crippen LogP contribution is 2.19. The first-order valence-electron chi connectivity index (χ1n) is 8.92. The zero-order valence-electron chi connectivity index (χ0n) is 15.4. The third-order valence-electron chi connectivity index (χ3n) is 4.30. The van der Waals surface area contributed by atoms with E-state index >= 15 is 0 Å². The molecule has 0 bridgehead atoms. The largest absolute Gasteiger partial charge is 0.467 e. The number of rotatable bonds is 6. The topological polar surface area (TPSA) is 77.0 Å². The van der Waals surface area contributed by atoms with Crippen molar-refractivity contribution < 1.29 is 9.21 Å². The summed E-state index contributed by atoms with van der Waals surface area (Å²) in [5.41, 5.74) is 2.77. The summed E-state index contributed by atoms with van der Waals surface area (Å²) in [5.74, 6) is 1.03. The number of hydrogen-bond acceptors (Lipinski definition) is 5. The van der Waals surface area contributed by atoms with Crippen LogP contribution in [0.5, 0.6) is 0 Å². The van der Waals surface area contributed by atoms with Gasteiger partial charge in [-0.15, -0.1) is 10.2 Å². The summed E-state index contributed by atoms with van der Waals surface area (Å²) in [7, 11) is 0. The molecular formula is C21H19N5O2. The van der Waals surface area contributed by atoms with Gasteiger partial charge in [-0.05, 0) is 36.4 Å². The summed E-state index contributed by atoms with van der Waals surface area (Å²) in [6.07, 6.45) is 1.60. The van der Waals surface area contributed by atoms with Crippen LogP contribution in [-0.2, 0) is 17.9 Å². The molecule has 2 heterocycles. The van der Waals surface area contributed by atoms with Gasteiger partial charge in [0.2, 0.25) is 5.82 Å². The molecule has 7 nitrogen and oxygen atoms in total. The number of benzene rings is 2. The van der Waals surface area contributed by atoms with Gasteiger partial charge in [0, 0.05) is 11.3 Å². The molecule has 0 atom stereocenters. The Kier molecular flexibility index (Phi) is 4.97. The van der Waals surface area contributed by atoms with Crippen molar-refractivity contribution in [3.8, 4) is 11.4 Å². The fourth-order valence-electron chi connectivity index (χ4n) is 2.83. The van der Waals surface area contributed by atoms with Crippen LogP contribution in [0.3, 0.4) is 0 Å². The zero-order valence-corrected chi connectivity index (χ0v) is 15.4. The lowest BCUT2D eigenvalue weighted by Gasteiger charge is -2.21. The Labute approximate surface area is 162 Å². The average molecular weight is 373 g/mol. The van der Waals surface area contributed by atoms with Crippen LogP contribution in [0.2, 0.25) is 0 Å². The molecular weight excluding hydrogens is 354 g/mol. The van der Waals surface area contributed by atoms with Crippen molar-refractivity contribution >= 4 is 11.6 Å². The number of tetrazole rings is 1. The Morgan fingerprint density at radius 3 is 2.54 bits per heavy atom. The molecule has 140 valence electrons. The monoisotopic (exact) mass is 373 g/mol. The van der Waals surface area contributed by atoms with Crippen molar-refractivity contribution in [3.63, 3.8) is 0 Å². The van der Waals surface area contributed by atoms with Crippen LogP contribution in [0.25, 0.3) is 11.4 Å². The van der Waals surface area contributed by atoms with Crippen LogP contribution in [0.15, 0.2) is 77.4 Å². The molecule has 0 aliphatic carbocycles. The van der Waals surface area contributed by atoms with Crippen molar-refractivity contribution in [2.45, 2.75) is 20.0 Å². The molecule has 0 saturated carbocycles. The highest BCUT2D eigenvalue weighted by Gasteiger charge is 2.19. The molecule has 0 fully saturated rings. The van der Waals surface area contributed by atoms with E-state index in [1.165, 1.54) is 4.80 Å². The molecule has 4 aromatic rings. The highest BCUT2D eigenvalue weighted by atomic mass is 16.3. The molecule has 0 radical (unpaired) electrons. The molecule has 0 aliphatic rings. The molecule has 2 aromatic carbocycles. The van der Waals surface area contributed by atoms with Gasteiger partial charge in [0.25, 0.3) is 5.91 Å². The van der Waals surface area contributed by atoms with E-state index in [4.69, 9.17) is 4.42 Å². The number of furan rings is 1. The van der Waals surface area contributed by atoms with Crippen molar-refractivity contribution in [3.05, 3.63) is 84.3 Å². The Hall–Kier alpha value is -3.74. The van der Waals surface area contributed by atoms with Gasteiger partial charge in [-0.3, -0.25) is 4.79 Å². The quantitative estimate of drug-likeness (QED) is 0.517. The Morgan fingerprint density at radius 1 is 1.04 bits per heavy atom. The van der Waals surface area contributed by atoms with E-state index in [0.717, 1.165) is 16.8 Å². The van der Waals surface area contributed by atoms with E-state index in [1.807, 2.05) is 67.6 Å². The van der Waals surface area contributed by atoms with Gasteiger partial charge in [-0.1, -0.05) is 48.0 Å². The fourth-order valence-corrected chi connectivity index (χ4v) is 2.83. The van der Waals surface area contributed by atoms with Gasteiger partial charge in [0.1, 0.15) is 12.3 Å². The third-order valence-corrected chi connectivity index (χ3v) is 4.30. The van der Waals surface area contributed by atoms with Crippen molar-refractivity contribution in [1.29, 1.82) is 0 Å². The first-order chi connectivity index (χ1) is 13.7. The number of hydrogen-bond donors (Lipinski definition) is 0. The number of carbonyl (C=O) groups is 1. The van der Waals surface area contributed by atoms with Gasteiger partial charge in [0.15, 0.2) is 0 Å². The smallest absolute Gasteiger partial charge is 0.251 e. The Morgan fingerprint density at radius 2 is 1.82 bits per heavy atom. The molecule has 7 heteroatoms. The lowest BCUT2D eigenvalue weighted by Crippen LogP contribution is -2.34. The van der Waals surface area contributed by atoms with Crippen molar-refractivity contribution in [2.75, 3.05) is 4.90 Å². The first kappa shape index (κ1) is 17.7. The third kappa shape index (κ3) is 3.98. The predicted molar refractivity (Wildman–Crippen MR) is 104 cm³/mol. The summed E-state index contributed by atoms with van der Waals surface area (Å²) in [5, 5.41) is 12.4. The summed E-state index contributed by atoms with van der Waals surface area (Å²) < 4.78 is 5.43. The minimum Gasteiger partial charge on any atom is -0.467 e. The van der Waals surface area contributed by atoms with Crippen LogP contribution in [0.1, 0.15) is 11.3 Å². The maximum atomic E-state index is 13.0. The molecule has 28 heavy (non-hydrogen) atoms. The number of nitrogens with zero attached hydrogens (tertiary/aromatic N) is 5. The molecule has 4 rings (SSSR count). The lowest BCUT2D eigenvalue weighted by molar-refractivity contribution is -0.119. The lowest BCUT2D eigenvalue weighted by atomic mass is 10.2. The second kappa shape index (κ2) is 7.87. The second-order valence-electron chi connectivity index (χ2n) is 6.40. The number of anilines is 1. The SMILES string of the molecule is Cc1ccc(N(Cc2ccco2)C(=O)Cn2nnc(-c3ccccc3)n2)cc1. The molecule has 0 spiro atoms. The van der Waals surface area contributed by atoms with Crippen LogP contribution < -0.4 is 4.90 Å². The molecule has 0 unspecified atom stereocenters. The minimum atomic E-state index is -0.155. The molecule has 0 aliphatic heterocycles. The summed E-state index contributed by atoms with van der Waals surface area (Å²) in [6.45, 7) is 2.32. The summed E-state index contributed by atoms with van der Waals surface area (Å²) >= 11 is 0. The molecule has 0 saturated heterocycles. The van der Waals surface area contributed by atoms with Crippen molar-refractivity contribution in [1.82, 2.24) is 20.2 Å². The number of amides is 1. The van der Waals surface area contributed by atoms with Gasteiger partial charge in [-0.25, -0.2) is 0 Å². The fraction of sp³-hybridized carbons (Fsp3) is 0.143. The van der Waals surface area contributed by atoms with Gasteiger partial charge in [-0.2, -0.15) is 4.80 Å². The second-order valence-corrected chi connectivity index (χ2v) is 6.40. The molecule has 2 aromatic heterocycles. The maximum Gasteiger partial charge on any atom is 0.251 e. The van der Waals surface area contributed by atoms with E-state index in [0.29, 0.717) is 18.1 Å². The maximum absolute atomic E-state index is 13.0. The van der Waals surface area contributed by atoms with Crippen LogP contribution in [0.4, 0.5) is 5.69 Å². The highest BCUT2D eigenvalue weighted by molar-refractivity contribution is 5.92. The van der Waals surface area contributed by atoms with Crippen LogP contribution in [0, 0.1) is 6.92 Å². The van der Waals surface area contributed by atoms with E-state index < -0.39 is 0 Å². The van der Waals surface area contributed by atoms with E-state index in [-0.39, 0.29) is 12.5 Å². The van der Waals surface area contributed by atoms with Crippen LogP contribution in [-0.4, -0.2) is 26.1 Å². The van der Waals surface area contributed by atoms with Gasteiger partial charge < -0.3 is 9.32 Å². The van der Waals surface area contributed by atoms with E-state index in [1.54, 1.807) is 17.2 Å². The standard InChI is InChI=1S/C21H19N5O2/c1-16-9-11-18(12-10-16)25(14-19-8-5-13-28-19)20(27)15-26-23-21(22-24-26)17-6-3-2-4-7-17/h2-13H,14-15H2,1H3. The number of carbonyl (C=O) groups excluding carboxylic acids is 1. The Bertz CT molecular complexity index is 1040. The molecule has 0 N–H and O–H groups in total. The van der Waals surface area contributed by atoms with E-state index in [2.05, 4.69) is 15.4 Å². The average Bonchev–Trinajstić information content (AvgIpc) is 3.40. The van der Waals surface area contributed by atoms with Crippen molar-refractivity contribution in [2.24, 2.45) is 0 Å². The van der Waals surface area contributed by atoms with E-state index in [9.17, 15) is 4.79 Å². The van der Waals surface area contributed by atoms with Crippen LogP contribution >= 0.6 is 0 Å². The summed E-state index contributed by atoms with van der Waals surface area (Å²) in [6, 6.07) is 21.0. The number of aryl methyl sites for hydroxylation is 1. The van der Waals surface area contributed by atoms with Gasteiger partial charge in [0.05, 0.1) is 12.8 Å². The summed E-state index contributed by atoms with van der Waals surface area (Å²) in [4.78, 5) is 16.0. The zero-order chi connectivity index (χ0) is 19.3. The normalized spacial score (nSPS) is 10.8. The Balaban J connectivity index is 1.55. The minimum absolute atomic E-state index is 0.0194. The van der Waals surface area contributed by atoms with Gasteiger partial charge >= 0.3 is 0 Å².